The van der Waals surface area contributed by atoms with E-state index in [0.717, 1.165) is 12.0 Å². The van der Waals surface area contributed by atoms with Crippen LogP contribution in [-0.4, -0.2) is 20.4 Å². The third-order valence-corrected chi connectivity index (χ3v) is 2.36. The summed E-state index contributed by atoms with van der Waals surface area (Å²) in [7, 11) is 2.92. The van der Waals surface area contributed by atoms with E-state index in [0.29, 0.717) is 11.5 Å². The van der Waals surface area contributed by atoms with E-state index in [4.69, 9.17) is 18.9 Å². The number of fused-ring (bicyclic) bond motifs is 1. The van der Waals surface area contributed by atoms with Crippen LogP contribution in [0.5, 0.6) is 11.5 Å². The Morgan fingerprint density at radius 1 is 1.25 bits per heavy atom. The number of benzene rings is 1. The van der Waals surface area contributed by atoms with Crippen molar-refractivity contribution in [2.45, 2.75) is 12.6 Å². The Labute approximate surface area is 94.4 Å². The first-order chi connectivity index (χ1) is 7.73. The van der Waals surface area contributed by atoms with E-state index in [9.17, 15) is 0 Å². The van der Waals surface area contributed by atoms with Gasteiger partial charge in [-0.05, 0) is 24.1 Å². The van der Waals surface area contributed by atoms with Crippen LogP contribution in [0.2, 0.25) is 0 Å². The molecule has 0 aliphatic carbocycles. The van der Waals surface area contributed by atoms with Gasteiger partial charge in [-0.15, -0.1) is 6.58 Å². The molecule has 0 radical (unpaired) electrons. The fraction of sp³-hybridized carbons (Fsp3) is 0.333. The molecule has 0 atom stereocenters. The van der Waals surface area contributed by atoms with E-state index in [1.165, 1.54) is 14.2 Å². The van der Waals surface area contributed by atoms with Crippen LogP contribution < -0.4 is 9.47 Å². The number of hydrogen-bond acceptors (Lipinski definition) is 4. The summed E-state index contributed by atoms with van der Waals surface area (Å²) in [6.45, 7) is 3.69. The predicted octanol–water partition coefficient (Wildman–Crippen LogP) is 2.09. The highest BCUT2D eigenvalue weighted by Gasteiger charge is 2.43. The van der Waals surface area contributed by atoms with Crippen LogP contribution in [-0.2, 0) is 15.9 Å². The van der Waals surface area contributed by atoms with Crippen molar-refractivity contribution in [1.29, 1.82) is 0 Å². The highest BCUT2D eigenvalue weighted by Crippen LogP contribution is 2.40. The summed E-state index contributed by atoms with van der Waals surface area (Å²) in [5, 5.41) is 0. The maximum absolute atomic E-state index is 5.48. The number of methoxy groups -OCH3 is 2. The summed E-state index contributed by atoms with van der Waals surface area (Å²) in [6, 6.07) is 5.66. The molecule has 4 nitrogen and oxygen atoms in total. The lowest BCUT2D eigenvalue weighted by molar-refractivity contribution is -0.408. The van der Waals surface area contributed by atoms with Crippen LogP contribution in [0.1, 0.15) is 5.56 Å². The van der Waals surface area contributed by atoms with Gasteiger partial charge < -0.3 is 9.47 Å². The Bertz CT molecular complexity index is 396. The number of hydrogen-bond donors (Lipinski definition) is 0. The fourth-order valence-electron chi connectivity index (χ4n) is 1.55. The molecule has 1 aromatic rings. The highest BCUT2D eigenvalue weighted by atomic mass is 17.0. The van der Waals surface area contributed by atoms with E-state index >= 15 is 0 Å². The SMILES string of the molecule is C=CCc1ccc2c(c1)OC(OC)(OC)O2. The molecule has 2 rings (SSSR count). The van der Waals surface area contributed by atoms with E-state index in [2.05, 4.69) is 6.58 Å². The van der Waals surface area contributed by atoms with Crippen LogP contribution in [0.3, 0.4) is 0 Å². The molecule has 0 spiro atoms. The summed E-state index contributed by atoms with van der Waals surface area (Å²) in [5.74, 6) is 1.22. The molecule has 1 aliphatic heterocycles. The molecule has 0 saturated carbocycles. The molecular weight excluding hydrogens is 208 g/mol. The maximum atomic E-state index is 5.48. The van der Waals surface area contributed by atoms with Crippen LogP contribution >= 0.6 is 0 Å². The van der Waals surface area contributed by atoms with Gasteiger partial charge in [0, 0.05) is 14.2 Å². The normalized spacial score (nSPS) is 16.1. The predicted molar refractivity (Wildman–Crippen MR) is 58.3 cm³/mol. The lowest BCUT2D eigenvalue weighted by Crippen LogP contribution is -2.42. The second kappa shape index (κ2) is 4.15. The minimum Gasteiger partial charge on any atom is -0.403 e. The van der Waals surface area contributed by atoms with E-state index in [1.54, 1.807) is 0 Å². The van der Waals surface area contributed by atoms with Gasteiger partial charge in [0.05, 0.1) is 0 Å². The first-order valence-corrected chi connectivity index (χ1v) is 4.95. The zero-order valence-electron chi connectivity index (χ0n) is 9.36. The lowest BCUT2D eigenvalue weighted by atomic mass is 10.1. The number of rotatable bonds is 4. The summed E-state index contributed by atoms with van der Waals surface area (Å²) in [6.07, 6.45) is 1.16. The van der Waals surface area contributed by atoms with Crippen molar-refractivity contribution in [3.8, 4) is 11.5 Å². The van der Waals surface area contributed by atoms with Gasteiger partial charge in [-0.2, -0.15) is 0 Å². The van der Waals surface area contributed by atoms with Crippen LogP contribution in [0.25, 0.3) is 0 Å². The Morgan fingerprint density at radius 3 is 2.56 bits per heavy atom. The number of ether oxygens (including phenoxy) is 4. The van der Waals surface area contributed by atoms with Crippen molar-refractivity contribution in [3.05, 3.63) is 36.4 Å². The standard InChI is InChI=1S/C12H14O4/c1-4-5-9-6-7-10-11(8-9)16-12(13-2,14-3)15-10/h4,6-8H,1,5H2,2-3H3. The van der Waals surface area contributed by atoms with Crippen LogP contribution in [0, 0.1) is 0 Å². The van der Waals surface area contributed by atoms with E-state index in [1.807, 2.05) is 24.3 Å². The van der Waals surface area contributed by atoms with E-state index < -0.39 is 6.16 Å². The van der Waals surface area contributed by atoms with Crippen molar-refractivity contribution < 1.29 is 18.9 Å². The van der Waals surface area contributed by atoms with Gasteiger partial charge in [-0.3, -0.25) is 9.47 Å². The first kappa shape index (κ1) is 11.0. The minimum atomic E-state index is -1.45. The molecule has 1 aliphatic rings. The summed E-state index contributed by atoms with van der Waals surface area (Å²) < 4.78 is 21.0. The summed E-state index contributed by atoms with van der Waals surface area (Å²) >= 11 is 0. The molecule has 0 bridgehead atoms. The van der Waals surface area contributed by atoms with Crippen LogP contribution in [0.4, 0.5) is 0 Å². The first-order valence-electron chi connectivity index (χ1n) is 4.95. The molecule has 16 heavy (non-hydrogen) atoms. The topological polar surface area (TPSA) is 36.9 Å². The molecule has 0 amide bonds. The van der Waals surface area contributed by atoms with Crippen molar-refractivity contribution in [3.63, 3.8) is 0 Å². The maximum Gasteiger partial charge on any atom is 0.509 e. The Kier molecular flexibility index (Phi) is 2.85. The van der Waals surface area contributed by atoms with Crippen molar-refractivity contribution in [1.82, 2.24) is 0 Å². The molecule has 0 aromatic heterocycles. The Balaban J connectivity index is 2.27. The van der Waals surface area contributed by atoms with E-state index in [-0.39, 0.29) is 0 Å². The zero-order valence-corrected chi connectivity index (χ0v) is 9.36. The number of allylic oxidation sites excluding steroid dienone is 1. The van der Waals surface area contributed by atoms with Crippen molar-refractivity contribution in [2.75, 3.05) is 14.2 Å². The molecule has 1 aromatic carbocycles. The summed E-state index contributed by atoms with van der Waals surface area (Å²) in [4.78, 5) is 0. The third kappa shape index (κ3) is 1.77. The Hall–Kier alpha value is -1.52. The van der Waals surface area contributed by atoms with Crippen molar-refractivity contribution >= 4 is 0 Å². The van der Waals surface area contributed by atoms with Gasteiger partial charge in [-0.1, -0.05) is 12.1 Å². The average Bonchev–Trinajstić information content (AvgIpc) is 2.68. The van der Waals surface area contributed by atoms with Gasteiger partial charge in [0.1, 0.15) is 0 Å². The van der Waals surface area contributed by atoms with Crippen molar-refractivity contribution in [2.24, 2.45) is 0 Å². The van der Waals surface area contributed by atoms with Gasteiger partial charge in [0.2, 0.25) is 0 Å². The third-order valence-electron chi connectivity index (χ3n) is 2.36. The molecule has 0 fully saturated rings. The Morgan fingerprint density at radius 2 is 1.94 bits per heavy atom. The average molecular weight is 222 g/mol. The van der Waals surface area contributed by atoms with Gasteiger partial charge >= 0.3 is 6.16 Å². The van der Waals surface area contributed by atoms with Gasteiger partial charge in [0.15, 0.2) is 11.5 Å². The highest BCUT2D eigenvalue weighted by molar-refractivity contribution is 5.45. The largest absolute Gasteiger partial charge is 0.509 e. The van der Waals surface area contributed by atoms with Crippen LogP contribution in [0.15, 0.2) is 30.9 Å². The molecule has 0 N–H and O–H groups in total. The van der Waals surface area contributed by atoms with Gasteiger partial charge in [-0.25, -0.2) is 0 Å². The van der Waals surface area contributed by atoms with Gasteiger partial charge in [0.25, 0.3) is 0 Å². The lowest BCUT2D eigenvalue weighted by Gasteiger charge is -2.21. The fourth-order valence-corrected chi connectivity index (χ4v) is 1.55. The molecule has 4 heteroatoms. The molecule has 1 heterocycles. The molecule has 86 valence electrons. The quantitative estimate of drug-likeness (QED) is 0.577. The second-order valence-electron chi connectivity index (χ2n) is 3.39. The molecular formula is C12H14O4. The molecule has 0 unspecified atom stereocenters. The summed E-state index contributed by atoms with van der Waals surface area (Å²) in [5.41, 5.74) is 1.10. The minimum absolute atomic E-state index is 0.608. The zero-order chi connectivity index (χ0) is 11.6. The molecule has 0 saturated heterocycles. The smallest absolute Gasteiger partial charge is 0.403 e. The second-order valence-corrected chi connectivity index (χ2v) is 3.39. The monoisotopic (exact) mass is 222 g/mol.